The van der Waals surface area contributed by atoms with Crippen LogP contribution in [0.1, 0.15) is 112 Å². The Morgan fingerprint density at radius 3 is 1.06 bits per heavy atom. The molecule has 4 aromatic carbocycles. The van der Waals surface area contributed by atoms with Crippen molar-refractivity contribution in [3.8, 4) is 0 Å². The Balaban J connectivity index is 0.00000312. The van der Waals surface area contributed by atoms with Gasteiger partial charge < -0.3 is 9.11 Å². The van der Waals surface area contributed by atoms with Gasteiger partial charge in [-0.25, -0.2) is 26.8 Å². The van der Waals surface area contributed by atoms with E-state index in [1.807, 2.05) is 91.8 Å². The third-order valence-corrected chi connectivity index (χ3v) is 10.1. The van der Waals surface area contributed by atoms with Crippen molar-refractivity contribution in [2.45, 2.75) is 88.9 Å². The van der Waals surface area contributed by atoms with Gasteiger partial charge in [-0.1, -0.05) is 91.8 Å². The van der Waals surface area contributed by atoms with Gasteiger partial charge in [0.05, 0.1) is 32.6 Å². The molecule has 12 heteroatoms. The summed E-state index contributed by atoms with van der Waals surface area (Å²) in [5, 5.41) is 1.96. The predicted octanol–water partition coefficient (Wildman–Crippen LogP) is 2.40. The zero-order valence-electron chi connectivity index (χ0n) is 29.2. The fourth-order valence-electron chi connectivity index (χ4n) is 6.05. The molecule has 0 N–H and O–H groups in total. The van der Waals surface area contributed by atoms with Crippen LogP contribution in [0.5, 0.6) is 0 Å². The van der Waals surface area contributed by atoms with Crippen LogP contribution >= 0.6 is 0 Å². The van der Waals surface area contributed by atoms with Gasteiger partial charge in [0.1, 0.15) is 20.2 Å². The molecule has 0 saturated heterocycles. The second-order valence-electron chi connectivity index (χ2n) is 13.1. The summed E-state index contributed by atoms with van der Waals surface area (Å²) < 4.78 is 73.0. The number of aliphatic imine (C=N–C) groups is 2. The quantitative estimate of drug-likeness (QED) is 0.204. The average molecular weight is 705 g/mol. The number of hydrogen-bond acceptors (Lipinski definition) is 8. The molecule has 0 saturated carbocycles. The molecule has 1 aliphatic carbocycles. The standard InChI is InChI=1S/C36H40N2O6S2.2Na/c1-19(2)28-15-24(45(39,40)41)16-29(20(3)4)33(28)37-35-26-13-9-11-23-12-10-14-27(32(23)26)36(35)38-34-30(21(5)6)17-25(46(42,43)44)18-31(34)22(7)8;;/h9-22H,1-8H3,(H,39,40,41)(H,42,43,44);;/q;2*+1/p-2. The molecule has 0 radical (unpaired) electrons. The summed E-state index contributed by atoms with van der Waals surface area (Å²) in [6.45, 7) is 15.4. The number of benzene rings is 4. The smallest absolute Gasteiger partial charge is 0.744 e. The van der Waals surface area contributed by atoms with E-state index in [-0.39, 0.29) is 92.6 Å². The summed E-state index contributed by atoms with van der Waals surface area (Å²) in [4.78, 5) is 10.0. The van der Waals surface area contributed by atoms with Gasteiger partial charge in [-0.15, -0.1) is 0 Å². The van der Waals surface area contributed by atoms with E-state index < -0.39 is 20.2 Å². The van der Waals surface area contributed by atoms with Crippen LogP contribution in [0.2, 0.25) is 0 Å². The van der Waals surface area contributed by atoms with Gasteiger partial charge >= 0.3 is 59.1 Å². The van der Waals surface area contributed by atoms with Crippen molar-refractivity contribution in [2.24, 2.45) is 9.98 Å². The largest absolute Gasteiger partial charge is 1.00 e. The maximum absolute atomic E-state index is 12.2. The molecule has 1 aliphatic rings. The van der Waals surface area contributed by atoms with Crippen molar-refractivity contribution in [2.75, 3.05) is 0 Å². The van der Waals surface area contributed by atoms with E-state index >= 15 is 0 Å². The summed E-state index contributed by atoms with van der Waals surface area (Å²) in [6.07, 6.45) is 0. The van der Waals surface area contributed by atoms with Crippen LogP contribution in [-0.4, -0.2) is 37.4 Å². The molecule has 0 unspecified atom stereocenters. The molecular formula is C36H38N2Na2O6S2. The van der Waals surface area contributed by atoms with E-state index in [0.29, 0.717) is 45.1 Å². The van der Waals surface area contributed by atoms with E-state index in [0.717, 1.165) is 21.9 Å². The maximum Gasteiger partial charge on any atom is 1.00 e. The Morgan fingerprint density at radius 2 is 0.812 bits per heavy atom. The molecule has 0 fully saturated rings. The zero-order valence-corrected chi connectivity index (χ0v) is 34.9. The predicted molar refractivity (Wildman–Crippen MR) is 182 cm³/mol. The normalized spacial score (nSPS) is 14.9. The molecule has 0 bridgehead atoms. The van der Waals surface area contributed by atoms with Gasteiger partial charge in [-0.3, -0.25) is 0 Å². The van der Waals surface area contributed by atoms with Crippen molar-refractivity contribution in [3.05, 3.63) is 94.0 Å². The van der Waals surface area contributed by atoms with Crippen molar-refractivity contribution >= 4 is 53.8 Å². The summed E-state index contributed by atoms with van der Waals surface area (Å²) >= 11 is 0. The van der Waals surface area contributed by atoms with Crippen LogP contribution in [-0.2, 0) is 20.2 Å². The Hall–Kier alpha value is -1.70. The van der Waals surface area contributed by atoms with Gasteiger partial charge in [0.2, 0.25) is 0 Å². The van der Waals surface area contributed by atoms with Crippen LogP contribution in [0.4, 0.5) is 11.4 Å². The van der Waals surface area contributed by atoms with Gasteiger partial charge in [-0.05, 0) is 75.6 Å². The van der Waals surface area contributed by atoms with Gasteiger partial charge in [0.15, 0.2) is 0 Å². The first-order valence-electron chi connectivity index (χ1n) is 15.4. The third kappa shape index (κ3) is 7.94. The minimum atomic E-state index is -4.71. The van der Waals surface area contributed by atoms with Crippen molar-refractivity contribution in [3.63, 3.8) is 0 Å². The minimum absolute atomic E-state index is 0. The molecule has 0 heterocycles. The fraction of sp³-hybridized carbons (Fsp3) is 0.333. The first-order chi connectivity index (χ1) is 21.4. The number of hydrogen-bond donors (Lipinski definition) is 0. The second kappa shape index (κ2) is 15.3. The van der Waals surface area contributed by atoms with Gasteiger partial charge in [0, 0.05) is 16.5 Å². The van der Waals surface area contributed by atoms with Gasteiger partial charge in [0.25, 0.3) is 0 Å². The van der Waals surface area contributed by atoms with Crippen LogP contribution in [0.25, 0.3) is 10.8 Å². The van der Waals surface area contributed by atoms with Crippen LogP contribution < -0.4 is 59.1 Å². The fourth-order valence-corrected chi connectivity index (χ4v) is 7.14. The van der Waals surface area contributed by atoms with Gasteiger partial charge in [-0.2, -0.15) is 0 Å². The molecule has 0 spiro atoms. The first kappa shape index (κ1) is 40.7. The van der Waals surface area contributed by atoms with E-state index in [1.54, 1.807) is 0 Å². The van der Waals surface area contributed by atoms with Crippen LogP contribution in [0, 0.1) is 0 Å². The van der Waals surface area contributed by atoms with E-state index in [2.05, 4.69) is 0 Å². The summed E-state index contributed by atoms with van der Waals surface area (Å²) in [7, 11) is -9.43. The second-order valence-corrected chi connectivity index (χ2v) is 15.8. The average Bonchev–Trinajstić information content (AvgIpc) is 3.25. The molecule has 0 atom stereocenters. The van der Waals surface area contributed by atoms with Crippen LogP contribution in [0.3, 0.4) is 0 Å². The summed E-state index contributed by atoms with van der Waals surface area (Å²) in [5.74, 6) is -0.610. The zero-order chi connectivity index (χ0) is 33.9. The summed E-state index contributed by atoms with van der Waals surface area (Å²) in [6, 6.07) is 17.6. The molecular weight excluding hydrogens is 667 g/mol. The minimum Gasteiger partial charge on any atom is -0.744 e. The molecule has 0 aromatic heterocycles. The third-order valence-electron chi connectivity index (χ3n) is 8.44. The van der Waals surface area contributed by atoms with Crippen molar-refractivity contribution < 1.29 is 85.1 Å². The Labute approximate surface area is 328 Å². The van der Waals surface area contributed by atoms with E-state index in [9.17, 15) is 25.9 Å². The molecule has 5 rings (SSSR count). The molecule has 8 nitrogen and oxygen atoms in total. The Morgan fingerprint density at radius 1 is 0.521 bits per heavy atom. The molecule has 48 heavy (non-hydrogen) atoms. The SMILES string of the molecule is CC(C)c1cc(S(=O)(=O)[O-])cc(C(C)C)c1N=C1C(=Nc2c(C(C)C)cc(S(=O)(=O)[O-])cc2C(C)C)c2cccc3cccc1c23.[Na+].[Na+]. The monoisotopic (exact) mass is 704 g/mol. The van der Waals surface area contributed by atoms with E-state index in [4.69, 9.17) is 9.98 Å². The molecule has 242 valence electrons. The topological polar surface area (TPSA) is 139 Å². The first-order valence-corrected chi connectivity index (χ1v) is 18.2. The Kier molecular flexibility index (Phi) is 13.0. The molecule has 0 aliphatic heterocycles. The van der Waals surface area contributed by atoms with Crippen LogP contribution in [0.15, 0.2) is 80.4 Å². The number of nitrogens with zero attached hydrogens (tertiary/aromatic N) is 2. The molecule has 0 amide bonds. The van der Waals surface area contributed by atoms with E-state index in [1.165, 1.54) is 24.3 Å². The summed E-state index contributed by atoms with van der Waals surface area (Å²) in [5.41, 5.74) is 6.57. The maximum atomic E-state index is 12.2. The number of rotatable bonds is 8. The Bertz CT molecular complexity index is 1960. The molecule has 4 aromatic rings. The van der Waals surface area contributed by atoms with Crippen molar-refractivity contribution in [1.29, 1.82) is 0 Å². The van der Waals surface area contributed by atoms with Crippen molar-refractivity contribution in [1.82, 2.24) is 0 Å².